The summed E-state index contributed by atoms with van der Waals surface area (Å²) in [6.45, 7) is 0. The lowest BCUT2D eigenvalue weighted by Crippen LogP contribution is -1.89. The van der Waals surface area contributed by atoms with E-state index in [1.807, 2.05) is 0 Å². The zero-order valence-corrected chi connectivity index (χ0v) is 9.80. The van der Waals surface area contributed by atoms with Crippen molar-refractivity contribution in [1.29, 1.82) is 0 Å². The number of para-hydroxylation sites is 2. The SMILES string of the molecule is [H+].c1ccc2c(c1)ccn2-c1c[nH]c2ccccc12. The highest BCUT2D eigenvalue weighted by Crippen LogP contribution is 2.26. The minimum Gasteiger partial charge on any atom is -0.359 e. The number of nitrogens with one attached hydrogen (secondary N) is 1. The lowest BCUT2D eigenvalue weighted by Gasteiger charge is -2.03. The van der Waals surface area contributed by atoms with Gasteiger partial charge in [-0.1, -0.05) is 36.4 Å². The molecule has 1 N–H and O–H groups in total. The van der Waals surface area contributed by atoms with Crippen LogP contribution in [0.4, 0.5) is 0 Å². The molecule has 0 atom stereocenters. The number of nitrogens with zero attached hydrogens (tertiary/aromatic N) is 1. The molecule has 4 rings (SSSR count). The summed E-state index contributed by atoms with van der Waals surface area (Å²) in [6.07, 6.45) is 4.19. The van der Waals surface area contributed by atoms with Gasteiger partial charge in [-0.15, -0.1) is 0 Å². The van der Waals surface area contributed by atoms with Crippen LogP contribution in [0.15, 0.2) is 67.0 Å². The van der Waals surface area contributed by atoms with Crippen molar-refractivity contribution in [2.45, 2.75) is 0 Å². The van der Waals surface area contributed by atoms with Crippen molar-refractivity contribution in [2.75, 3.05) is 0 Å². The van der Waals surface area contributed by atoms with Gasteiger partial charge in [-0.05, 0) is 23.6 Å². The first-order valence-corrected chi connectivity index (χ1v) is 6.06. The first kappa shape index (κ1) is 9.54. The maximum absolute atomic E-state index is 3.32. The maximum Gasteiger partial charge on any atom is 1.00 e. The van der Waals surface area contributed by atoms with Crippen LogP contribution in [0.3, 0.4) is 0 Å². The molecule has 0 saturated carbocycles. The molecule has 0 unspecified atom stereocenters. The highest BCUT2D eigenvalue weighted by atomic mass is 15.0. The average Bonchev–Trinajstić information content (AvgIpc) is 3.01. The molecule has 0 fully saturated rings. The molecule has 86 valence electrons. The molecule has 0 aliphatic carbocycles. The Bertz CT molecular complexity index is 770. The lowest BCUT2D eigenvalue weighted by atomic mass is 10.2. The predicted molar refractivity (Wildman–Crippen MR) is 76.2 cm³/mol. The third kappa shape index (κ3) is 1.23. The van der Waals surface area contributed by atoms with Crippen LogP contribution in [0, 0.1) is 0 Å². The van der Waals surface area contributed by atoms with E-state index >= 15 is 0 Å². The van der Waals surface area contributed by atoms with Crippen molar-refractivity contribution in [3.63, 3.8) is 0 Å². The van der Waals surface area contributed by atoms with Crippen LogP contribution in [0.5, 0.6) is 0 Å². The molecule has 18 heavy (non-hydrogen) atoms. The summed E-state index contributed by atoms with van der Waals surface area (Å²) in [6, 6.07) is 19.0. The molecule has 4 aromatic rings. The largest absolute Gasteiger partial charge is 1.00 e. The van der Waals surface area contributed by atoms with Gasteiger partial charge in [0.2, 0.25) is 0 Å². The summed E-state index contributed by atoms with van der Waals surface area (Å²) in [5, 5.41) is 2.52. The molecule has 2 heterocycles. The Morgan fingerprint density at radius 1 is 0.889 bits per heavy atom. The van der Waals surface area contributed by atoms with Crippen molar-refractivity contribution >= 4 is 21.8 Å². The van der Waals surface area contributed by atoms with E-state index in [2.05, 4.69) is 76.5 Å². The number of H-pyrrole nitrogens is 1. The van der Waals surface area contributed by atoms with Crippen molar-refractivity contribution in [3.8, 4) is 5.69 Å². The van der Waals surface area contributed by atoms with Crippen molar-refractivity contribution < 1.29 is 1.43 Å². The first-order chi connectivity index (χ1) is 8.93. The molecule has 0 aliphatic rings. The van der Waals surface area contributed by atoms with Crippen LogP contribution < -0.4 is 0 Å². The van der Waals surface area contributed by atoms with E-state index in [-0.39, 0.29) is 1.43 Å². The minimum absolute atomic E-state index is 0. The van der Waals surface area contributed by atoms with Gasteiger partial charge in [-0.2, -0.15) is 0 Å². The average molecular weight is 233 g/mol. The maximum atomic E-state index is 3.32. The van der Waals surface area contributed by atoms with Gasteiger partial charge >= 0.3 is 1.43 Å². The summed E-state index contributed by atoms with van der Waals surface area (Å²) < 4.78 is 2.23. The number of benzene rings is 2. The normalized spacial score (nSPS) is 11.3. The van der Waals surface area contributed by atoms with E-state index in [1.165, 1.54) is 27.5 Å². The first-order valence-electron chi connectivity index (χ1n) is 6.06. The van der Waals surface area contributed by atoms with Crippen LogP contribution >= 0.6 is 0 Å². The van der Waals surface area contributed by atoms with Crippen molar-refractivity contribution in [2.24, 2.45) is 0 Å². The van der Waals surface area contributed by atoms with E-state index < -0.39 is 0 Å². The highest BCUT2D eigenvalue weighted by molar-refractivity contribution is 5.91. The van der Waals surface area contributed by atoms with E-state index in [9.17, 15) is 0 Å². The fourth-order valence-electron chi connectivity index (χ4n) is 2.55. The number of hydrogen-bond donors (Lipinski definition) is 1. The van der Waals surface area contributed by atoms with Gasteiger partial charge in [0.15, 0.2) is 0 Å². The predicted octanol–water partition coefficient (Wildman–Crippen LogP) is 4.22. The zero-order chi connectivity index (χ0) is 11.9. The van der Waals surface area contributed by atoms with E-state index in [0.29, 0.717) is 0 Å². The van der Waals surface area contributed by atoms with Crippen LogP contribution in [0.1, 0.15) is 1.43 Å². The van der Waals surface area contributed by atoms with Crippen LogP contribution in [0.2, 0.25) is 0 Å². The van der Waals surface area contributed by atoms with Gasteiger partial charge in [0.05, 0.1) is 11.2 Å². The Morgan fingerprint density at radius 3 is 2.72 bits per heavy atom. The topological polar surface area (TPSA) is 20.7 Å². The molecule has 2 heteroatoms. The summed E-state index contributed by atoms with van der Waals surface area (Å²) in [7, 11) is 0. The van der Waals surface area contributed by atoms with Gasteiger partial charge < -0.3 is 9.55 Å². The second-order valence-electron chi connectivity index (χ2n) is 4.46. The smallest absolute Gasteiger partial charge is 0.359 e. The Kier molecular flexibility index (Phi) is 1.86. The summed E-state index contributed by atoms with van der Waals surface area (Å²) >= 11 is 0. The molecule has 0 spiro atoms. The zero-order valence-electron chi connectivity index (χ0n) is 10.8. The number of rotatable bonds is 1. The number of aromatic nitrogens is 2. The standard InChI is InChI=1S/C16H12N2/c1-4-8-15-12(5-1)9-10-18(15)16-11-17-14-7-3-2-6-13(14)16/h1-11,17H/p+1. The molecule has 0 bridgehead atoms. The van der Waals surface area contributed by atoms with Crippen molar-refractivity contribution in [3.05, 3.63) is 67.0 Å². The fourth-order valence-corrected chi connectivity index (χ4v) is 2.55. The quantitative estimate of drug-likeness (QED) is 0.508. The molecule has 0 radical (unpaired) electrons. The minimum atomic E-state index is 0. The fraction of sp³-hybridized carbons (Fsp3) is 0. The second-order valence-corrected chi connectivity index (χ2v) is 4.46. The Hall–Kier alpha value is -2.48. The third-order valence-corrected chi connectivity index (χ3v) is 3.43. The van der Waals surface area contributed by atoms with E-state index in [1.54, 1.807) is 0 Å². The van der Waals surface area contributed by atoms with Crippen molar-refractivity contribution in [1.82, 2.24) is 9.55 Å². The molecule has 0 saturated heterocycles. The summed E-state index contributed by atoms with van der Waals surface area (Å²) in [4.78, 5) is 3.32. The van der Waals surface area contributed by atoms with Gasteiger partial charge in [0, 0.05) is 23.3 Å². The summed E-state index contributed by atoms with van der Waals surface area (Å²) in [5.41, 5.74) is 3.61. The number of aromatic amines is 1. The molecule has 0 amide bonds. The third-order valence-electron chi connectivity index (χ3n) is 3.43. The van der Waals surface area contributed by atoms with Crippen LogP contribution in [-0.4, -0.2) is 9.55 Å². The van der Waals surface area contributed by atoms with E-state index in [0.717, 1.165) is 0 Å². The van der Waals surface area contributed by atoms with Gasteiger partial charge in [-0.3, -0.25) is 0 Å². The number of hydrogen-bond acceptors (Lipinski definition) is 0. The summed E-state index contributed by atoms with van der Waals surface area (Å²) in [5.74, 6) is 0. The van der Waals surface area contributed by atoms with Gasteiger partial charge in [-0.25, -0.2) is 0 Å². The van der Waals surface area contributed by atoms with Gasteiger partial charge in [0.1, 0.15) is 0 Å². The molecular weight excluding hydrogens is 220 g/mol. The van der Waals surface area contributed by atoms with E-state index in [4.69, 9.17) is 0 Å². The Balaban J connectivity index is 0.00000110. The molecule has 2 nitrogen and oxygen atoms in total. The van der Waals surface area contributed by atoms with Crippen LogP contribution in [0.25, 0.3) is 27.5 Å². The van der Waals surface area contributed by atoms with Crippen LogP contribution in [-0.2, 0) is 0 Å². The Morgan fingerprint density at radius 2 is 1.72 bits per heavy atom. The highest BCUT2D eigenvalue weighted by Gasteiger charge is 2.07. The monoisotopic (exact) mass is 233 g/mol. The molecule has 2 aromatic heterocycles. The van der Waals surface area contributed by atoms with Gasteiger partial charge in [0.25, 0.3) is 0 Å². The molecule has 2 aromatic carbocycles. The lowest BCUT2D eigenvalue weighted by molar-refractivity contribution is 1.14. The second kappa shape index (κ2) is 3.50. The molecule has 0 aliphatic heterocycles. The molecular formula is C16H13N2+. The number of fused-ring (bicyclic) bond motifs is 2. The Labute approximate surface area is 106 Å².